The molecule has 0 aliphatic heterocycles. The number of hydrogen-bond donors (Lipinski definition) is 0. The first-order chi connectivity index (χ1) is 11.3. The van der Waals surface area contributed by atoms with Crippen LogP contribution in [0.5, 0.6) is 0 Å². The fraction of sp³-hybridized carbons (Fsp3) is 0.0952. The van der Waals surface area contributed by atoms with Crippen LogP contribution in [0.15, 0.2) is 78.9 Å². The minimum absolute atomic E-state index is 0.286. The number of ether oxygens (including phenoxy) is 1. The van der Waals surface area contributed by atoms with Gasteiger partial charge < -0.3 is 4.74 Å². The Balaban J connectivity index is 2.13. The van der Waals surface area contributed by atoms with E-state index in [1.807, 2.05) is 67.6 Å². The minimum Gasteiger partial charge on any atom is -0.462 e. The molecule has 3 aromatic carbocycles. The molecule has 0 spiro atoms. The second-order valence-electron chi connectivity index (χ2n) is 5.21. The lowest BCUT2D eigenvalue weighted by molar-refractivity contribution is 0.0527. The highest BCUT2D eigenvalue weighted by Gasteiger charge is 2.15. The highest BCUT2D eigenvalue weighted by molar-refractivity contribution is 5.98. The van der Waals surface area contributed by atoms with Crippen LogP contribution < -0.4 is 0 Å². The van der Waals surface area contributed by atoms with Crippen molar-refractivity contribution in [3.8, 4) is 22.3 Å². The second kappa shape index (κ2) is 6.93. The van der Waals surface area contributed by atoms with Crippen LogP contribution in [0, 0.1) is 0 Å². The third-order valence-electron chi connectivity index (χ3n) is 3.71. The molecule has 0 N–H and O–H groups in total. The molecule has 23 heavy (non-hydrogen) atoms. The predicted molar refractivity (Wildman–Crippen MR) is 93.3 cm³/mol. The highest BCUT2D eigenvalue weighted by atomic mass is 16.5. The molecule has 0 fully saturated rings. The molecule has 0 aromatic heterocycles. The van der Waals surface area contributed by atoms with Gasteiger partial charge in [0.2, 0.25) is 0 Å². The van der Waals surface area contributed by atoms with E-state index in [0.29, 0.717) is 12.2 Å². The second-order valence-corrected chi connectivity index (χ2v) is 5.21. The van der Waals surface area contributed by atoms with E-state index in [9.17, 15) is 4.79 Å². The van der Waals surface area contributed by atoms with Crippen molar-refractivity contribution < 1.29 is 9.53 Å². The molecule has 0 aliphatic carbocycles. The van der Waals surface area contributed by atoms with Crippen molar-refractivity contribution in [1.82, 2.24) is 0 Å². The fourth-order valence-corrected chi connectivity index (χ4v) is 2.60. The average molecular weight is 302 g/mol. The van der Waals surface area contributed by atoms with Crippen molar-refractivity contribution in [3.63, 3.8) is 0 Å². The van der Waals surface area contributed by atoms with Crippen molar-refractivity contribution in [2.75, 3.05) is 6.61 Å². The fourth-order valence-electron chi connectivity index (χ4n) is 2.60. The molecule has 114 valence electrons. The Kier molecular flexibility index (Phi) is 4.53. The van der Waals surface area contributed by atoms with Gasteiger partial charge in [0, 0.05) is 0 Å². The molecular weight excluding hydrogens is 284 g/mol. The van der Waals surface area contributed by atoms with Crippen LogP contribution in [0.1, 0.15) is 17.3 Å². The molecule has 0 bridgehead atoms. The number of carbonyl (C=O) groups is 1. The van der Waals surface area contributed by atoms with Crippen LogP contribution in [0.4, 0.5) is 0 Å². The van der Waals surface area contributed by atoms with Crippen LogP contribution in [-0.4, -0.2) is 12.6 Å². The Morgan fingerprint density at radius 2 is 1.39 bits per heavy atom. The summed E-state index contributed by atoms with van der Waals surface area (Å²) in [6.45, 7) is 2.19. The van der Waals surface area contributed by atoms with Gasteiger partial charge in [-0.15, -0.1) is 0 Å². The molecule has 0 radical (unpaired) electrons. The van der Waals surface area contributed by atoms with E-state index in [-0.39, 0.29) is 5.97 Å². The third-order valence-corrected chi connectivity index (χ3v) is 3.71. The van der Waals surface area contributed by atoms with Crippen molar-refractivity contribution in [1.29, 1.82) is 0 Å². The molecule has 0 aliphatic rings. The lowest BCUT2D eigenvalue weighted by atomic mass is 9.94. The summed E-state index contributed by atoms with van der Waals surface area (Å²) < 4.78 is 5.20. The van der Waals surface area contributed by atoms with E-state index in [1.54, 1.807) is 0 Å². The van der Waals surface area contributed by atoms with E-state index >= 15 is 0 Å². The van der Waals surface area contributed by atoms with E-state index in [0.717, 1.165) is 22.3 Å². The van der Waals surface area contributed by atoms with Crippen molar-refractivity contribution >= 4 is 5.97 Å². The molecule has 0 atom stereocenters. The molecular formula is C21H18O2. The quantitative estimate of drug-likeness (QED) is 0.619. The average Bonchev–Trinajstić information content (AvgIpc) is 2.63. The Hall–Kier alpha value is -2.87. The SMILES string of the molecule is CCOC(=O)c1ccc(-c2ccccc2)cc1-c1ccccc1. The monoisotopic (exact) mass is 302 g/mol. The molecule has 3 rings (SSSR count). The minimum atomic E-state index is -0.286. The first-order valence-corrected chi connectivity index (χ1v) is 7.71. The lowest BCUT2D eigenvalue weighted by Gasteiger charge is -2.12. The van der Waals surface area contributed by atoms with Crippen molar-refractivity contribution in [2.45, 2.75) is 6.92 Å². The molecule has 2 heteroatoms. The van der Waals surface area contributed by atoms with E-state index in [1.165, 1.54) is 0 Å². The lowest BCUT2D eigenvalue weighted by Crippen LogP contribution is -2.06. The van der Waals surface area contributed by atoms with Gasteiger partial charge in [0.15, 0.2) is 0 Å². The number of carbonyl (C=O) groups excluding carboxylic acids is 1. The zero-order valence-electron chi connectivity index (χ0n) is 13.0. The molecule has 0 saturated carbocycles. The van der Waals surface area contributed by atoms with Crippen LogP contribution in [-0.2, 0) is 4.74 Å². The van der Waals surface area contributed by atoms with E-state index < -0.39 is 0 Å². The Morgan fingerprint density at radius 1 is 0.783 bits per heavy atom. The normalized spacial score (nSPS) is 10.3. The first kappa shape index (κ1) is 15.0. The van der Waals surface area contributed by atoms with Gasteiger partial charge in [0.05, 0.1) is 12.2 Å². The molecule has 0 amide bonds. The molecule has 0 heterocycles. The van der Waals surface area contributed by atoms with Crippen LogP contribution in [0.2, 0.25) is 0 Å². The molecule has 0 saturated heterocycles. The summed E-state index contributed by atoms with van der Waals surface area (Å²) in [5, 5.41) is 0. The van der Waals surface area contributed by atoms with Gasteiger partial charge in [-0.2, -0.15) is 0 Å². The maximum absolute atomic E-state index is 12.3. The maximum Gasteiger partial charge on any atom is 0.338 e. The topological polar surface area (TPSA) is 26.3 Å². The zero-order valence-corrected chi connectivity index (χ0v) is 13.0. The number of benzene rings is 3. The van der Waals surface area contributed by atoms with Gasteiger partial charge in [0.1, 0.15) is 0 Å². The molecule has 0 unspecified atom stereocenters. The van der Waals surface area contributed by atoms with Gasteiger partial charge in [-0.25, -0.2) is 4.79 Å². The van der Waals surface area contributed by atoms with E-state index in [4.69, 9.17) is 4.74 Å². The van der Waals surface area contributed by atoms with Crippen molar-refractivity contribution in [2.24, 2.45) is 0 Å². The van der Waals surface area contributed by atoms with Crippen molar-refractivity contribution in [3.05, 3.63) is 84.4 Å². The third kappa shape index (κ3) is 3.32. The van der Waals surface area contributed by atoms with Gasteiger partial charge >= 0.3 is 5.97 Å². The maximum atomic E-state index is 12.3. The Morgan fingerprint density at radius 3 is 2.00 bits per heavy atom. The van der Waals surface area contributed by atoms with Crippen LogP contribution in [0.3, 0.4) is 0 Å². The van der Waals surface area contributed by atoms with Crippen LogP contribution in [0.25, 0.3) is 22.3 Å². The summed E-state index contributed by atoms with van der Waals surface area (Å²) in [4.78, 5) is 12.3. The number of rotatable bonds is 4. The highest BCUT2D eigenvalue weighted by Crippen LogP contribution is 2.30. The van der Waals surface area contributed by atoms with Gasteiger partial charge in [-0.3, -0.25) is 0 Å². The smallest absolute Gasteiger partial charge is 0.338 e. The number of hydrogen-bond acceptors (Lipinski definition) is 2. The van der Waals surface area contributed by atoms with Gasteiger partial charge in [-0.05, 0) is 41.3 Å². The first-order valence-electron chi connectivity index (χ1n) is 7.71. The largest absolute Gasteiger partial charge is 0.462 e. The standard InChI is InChI=1S/C21H18O2/c1-2-23-21(22)19-14-13-18(16-9-5-3-6-10-16)15-20(19)17-11-7-4-8-12-17/h3-15H,2H2,1H3. The molecule has 3 aromatic rings. The summed E-state index contributed by atoms with van der Waals surface area (Å²) in [5.41, 5.74) is 4.70. The van der Waals surface area contributed by atoms with E-state index in [2.05, 4.69) is 18.2 Å². The summed E-state index contributed by atoms with van der Waals surface area (Å²) >= 11 is 0. The van der Waals surface area contributed by atoms with Crippen LogP contribution >= 0.6 is 0 Å². The Labute approximate surface area is 136 Å². The molecule has 2 nitrogen and oxygen atoms in total. The summed E-state index contributed by atoms with van der Waals surface area (Å²) in [6, 6.07) is 25.9. The summed E-state index contributed by atoms with van der Waals surface area (Å²) in [5.74, 6) is -0.286. The van der Waals surface area contributed by atoms with Gasteiger partial charge in [0.25, 0.3) is 0 Å². The zero-order chi connectivity index (χ0) is 16.1. The Bertz CT molecular complexity index is 793. The summed E-state index contributed by atoms with van der Waals surface area (Å²) in [6.07, 6.45) is 0. The number of esters is 1. The van der Waals surface area contributed by atoms with Gasteiger partial charge in [-0.1, -0.05) is 66.7 Å². The predicted octanol–water partition coefficient (Wildman–Crippen LogP) is 5.20. The summed E-state index contributed by atoms with van der Waals surface area (Å²) in [7, 11) is 0.